The number of ketones is 1. The first-order valence-corrected chi connectivity index (χ1v) is 27.1. The molecule has 0 radical (unpaired) electrons. The van der Waals surface area contributed by atoms with E-state index in [0.717, 1.165) is 85.0 Å². The number of hydrogen-bond donors (Lipinski definition) is 0. The monoisotopic (exact) mass is 746 g/mol. The lowest BCUT2D eigenvalue weighted by Crippen LogP contribution is -2.22. The molecule has 0 saturated heterocycles. The summed E-state index contributed by atoms with van der Waals surface area (Å²) in [5.41, 5.74) is 3.33. The Balaban J connectivity index is 0.000000202. The van der Waals surface area contributed by atoms with E-state index in [-0.39, 0.29) is 17.6 Å². The minimum absolute atomic E-state index is 0.128. The predicted octanol–water partition coefficient (Wildman–Crippen LogP) is 9.50. The number of ether oxygens (including phenoxy) is 2. The van der Waals surface area contributed by atoms with E-state index in [9.17, 15) is 9.59 Å². The Bertz CT molecular complexity index is 1730. The third kappa shape index (κ3) is 11.2. The van der Waals surface area contributed by atoms with E-state index < -0.39 is 16.1 Å². The van der Waals surface area contributed by atoms with Gasteiger partial charge >= 0.3 is 0 Å². The number of hydrogen-bond acceptors (Lipinski definition) is 8. The van der Waals surface area contributed by atoms with Gasteiger partial charge in [0, 0.05) is 70.8 Å². The van der Waals surface area contributed by atoms with E-state index in [0.29, 0.717) is 31.5 Å². The Morgan fingerprint density at radius 2 is 1.27 bits per heavy atom. The van der Waals surface area contributed by atoms with Crippen molar-refractivity contribution >= 4 is 50.3 Å². The molecule has 0 bridgehead atoms. The fourth-order valence-corrected chi connectivity index (χ4v) is 9.05. The van der Waals surface area contributed by atoms with E-state index in [4.69, 9.17) is 9.47 Å². The third-order valence-electron chi connectivity index (χ3n) is 10.7. The van der Waals surface area contributed by atoms with Crippen LogP contribution in [-0.2, 0) is 27.7 Å². The second kappa shape index (κ2) is 18.8. The van der Waals surface area contributed by atoms with Crippen LogP contribution in [0.3, 0.4) is 0 Å². The number of carbonyl (C=O) groups is 2. The van der Waals surface area contributed by atoms with Crippen LogP contribution < -0.4 is 0 Å². The fraction of sp³-hybridized carbons (Fsp3) is 0.650. The largest absolute Gasteiger partial charge is 0.361 e. The van der Waals surface area contributed by atoms with Crippen molar-refractivity contribution in [2.45, 2.75) is 141 Å². The molecular weight excluding hydrogens is 685 g/mol. The van der Waals surface area contributed by atoms with Gasteiger partial charge in [0.25, 0.3) is 0 Å². The lowest BCUT2D eigenvalue weighted by Gasteiger charge is -2.29. The van der Waals surface area contributed by atoms with Gasteiger partial charge < -0.3 is 23.4 Å². The highest BCUT2D eigenvalue weighted by Crippen LogP contribution is 2.39. The van der Waals surface area contributed by atoms with E-state index in [2.05, 4.69) is 69.9 Å². The highest BCUT2D eigenvalue weighted by molar-refractivity contribution is 6.76. The molecule has 6 rings (SSSR count). The molecule has 4 heterocycles. The number of carbonyl (C=O) groups excluding carboxylic acids is 2. The van der Waals surface area contributed by atoms with Crippen molar-refractivity contribution in [3.63, 3.8) is 0 Å². The van der Waals surface area contributed by atoms with Crippen LogP contribution in [0.25, 0.3) is 22.1 Å². The van der Waals surface area contributed by atoms with E-state index >= 15 is 0 Å². The molecule has 0 aliphatic heterocycles. The Labute approximate surface area is 312 Å². The summed E-state index contributed by atoms with van der Waals surface area (Å²) in [5.74, 6) is 1.07. The molecule has 2 fully saturated rings. The van der Waals surface area contributed by atoms with Crippen molar-refractivity contribution in [2.75, 3.05) is 13.2 Å². The molecule has 0 aromatic carbocycles. The van der Waals surface area contributed by atoms with Crippen LogP contribution in [0.2, 0.25) is 51.4 Å². The lowest BCUT2D eigenvalue weighted by atomic mass is 9.76. The normalized spacial score (nSPS) is 16.9. The summed E-state index contributed by atoms with van der Waals surface area (Å²) in [4.78, 5) is 42.1. The molecule has 284 valence electrons. The van der Waals surface area contributed by atoms with Crippen LogP contribution >= 0.6 is 0 Å². The minimum atomic E-state index is -1.08. The maximum Gasteiger partial charge on any atom is 0.185 e. The summed E-state index contributed by atoms with van der Waals surface area (Å²) >= 11 is 0. The average Bonchev–Trinajstić information content (AvgIpc) is 3.75. The van der Waals surface area contributed by atoms with Gasteiger partial charge in [-0.2, -0.15) is 0 Å². The van der Waals surface area contributed by atoms with Crippen LogP contribution in [-0.4, -0.2) is 70.5 Å². The van der Waals surface area contributed by atoms with Crippen molar-refractivity contribution in [2.24, 2.45) is 11.8 Å². The summed E-state index contributed by atoms with van der Waals surface area (Å²) in [7, 11) is -2.16. The SMILES string of the molecule is C[Si](C)(C)CCOCn1ccc2c(C(=O)C3CCCCC3)ncnc21.C[Si](C)(C)CCOCn1ccc2c(C(CC=O)C3CCCCC3)ncnc21. The quantitative estimate of drug-likeness (QED) is 0.0482. The van der Waals surface area contributed by atoms with Gasteiger partial charge in [-0.1, -0.05) is 77.8 Å². The van der Waals surface area contributed by atoms with E-state index in [1.54, 1.807) is 6.33 Å². The van der Waals surface area contributed by atoms with Gasteiger partial charge in [-0.3, -0.25) is 4.79 Å². The highest BCUT2D eigenvalue weighted by atomic mass is 28.3. The summed E-state index contributed by atoms with van der Waals surface area (Å²) in [5, 5.41) is 1.93. The molecular formula is C40H62N6O4Si2. The molecule has 0 amide bonds. The number of Topliss-reactive ketones (excluding diaryl/α,β-unsaturated/α-hetero) is 1. The van der Waals surface area contributed by atoms with Gasteiger partial charge in [-0.25, -0.2) is 19.9 Å². The molecule has 52 heavy (non-hydrogen) atoms. The second-order valence-corrected chi connectivity index (χ2v) is 28.6. The van der Waals surface area contributed by atoms with Crippen LogP contribution in [0.15, 0.2) is 37.2 Å². The topological polar surface area (TPSA) is 114 Å². The van der Waals surface area contributed by atoms with Gasteiger partial charge in [0.1, 0.15) is 49.4 Å². The maximum atomic E-state index is 12.9. The average molecular weight is 747 g/mol. The summed E-state index contributed by atoms with van der Waals surface area (Å²) in [6.07, 6.45) is 20.5. The molecule has 2 aliphatic rings. The molecule has 4 aromatic heterocycles. The Hall–Kier alpha value is -3.07. The maximum absolute atomic E-state index is 12.9. The summed E-state index contributed by atoms with van der Waals surface area (Å²) in [6.45, 7) is 16.7. The van der Waals surface area contributed by atoms with Crippen LogP contribution in [0, 0.1) is 11.8 Å². The third-order valence-corrected chi connectivity index (χ3v) is 14.1. The van der Waals surface area contributed by atoms with Gasteiger partial charge in [-0.15, -0.1) is 0 Å². The molecule has 2 aliphatic carbocycles. The molecule has 12 heteroatoms. The van der Waals surface area contributed by atoms with Crippen molar-refractivity contribution in [3.05, 3.63) is 48.6 Å². The zero-order chi connectivity index (χ0) is 37.1. The second-order valence-electron chi connectivity index (χ2n) is 17.3. The smallest absolute Gasteiger partial charge is 0.185 e. The number of aldehydes is 1. The van der Waals surface area contributed by atoms with Crippen molar-refractivity contribution in [1.82, 2.24) is 29.1 Å². The molecule has 10 nitrogen and oxygen atoms in total. The van der Waals surface area contributed by atoms with Gasteiger partial charge in [0.05, 0.1) is 5.69 Å². The fourth-order valence-electron chi connectivity index (χ4n) is 7.54. The standard InChI is InChI=1S/C21H33N3O2Si.C19H29N3O2Si/c1-27(2,3)14-13-26-16-24-11-9-19-20(22-15-23-21(19)24)18(10-12-25)17-7-5-4-6-8-17;1-25(2,3)12-11-24-14-22-10-9-16-17(20-13-21-19(16)22)18(23)15-7-5-4-6-8-15/h9,11-12,15,17-18H,4-8,10,13-14,16H2,1-3H3;9-10,13,15H,4-8,11-12,14H2,1-3H3. The zero-order valence-corrected chi connectivity index (χ0v) is 34.6. The number of rotatable bonds is 16. The molecule has 1 unspecified atom stereocenters. The molecule has 1 atom stereocenters. The Morgan fingerprint density at radius 1 is 0.750 bits per heavy atom. The molecule has 0 N–H and O–H groups in total. The molecule has 0 spiro atoms. The minimum Gasteiger partial charge on any atom is -0.361 e. The van der Waals surface area contributed by atoms with E-state index in [1.165, 1.54) is 44.9 Å². The van der Waals surface area contributed by atoms with E-state index in [1.807, 2.05) is 23.0 Å². The zero-order valence-electron chi connectivity index (χ0n) is 32.6. The Kier molecular flexibility index (Phi) is 14.5. The highest BCUT2D eigenvalue weighted by Gasteiger charge is 2.28. The van der Waals surface area contributed by atoms with Crippen LogP contribution in [0.1, 0.15) is 92.7 Å². The van der Waals surface area contributed by atoms with Crippen LogP contribution in [0.4, 0.5) is 0 Å². The van der Waals surface area contributed by atoms with Gasteiger partial charge in [-0.05, 0) is 55.8 Å². The van der Waals surface area contributed by atoms with Crippen molar-refractivity contribution in [1.29, 1.82) is 0 Å². The van der Waals surface area contributed by atoms with Crippen molar-refractivity contribution < 1.29 is 19.1 Å². The molecule has 2 saturated carbocycles. The number of fused-ring (bicyclic) bond motifs is 2. The first-order chi connectivity index (χ1) is 24.9. The van der Waals surface area contributed by atoms with Crippen molar-refractivity contribution in [3.8, 4) is 0 Å². The van der Waals surface area contributed by atoms with Gasteiger partial charge in [0.15, 0.2) is 5.78 Å². The lowest BCUT2D eigenvalue weighted by molar-refractivity contribution is -0.108. The van der Waals surface area contributed by atoms with Crippen LogP contribution in [0.5, 0.6) is 0 Å². The van der Waals surface area contributed by atoms with Gasteiger partial charge in [0.2, 0.25) is 0 Å². The number of nitrogens with zero attached hydrogens (tertiary/aromatic N) is 6. The molecule has 4 aromatic rings. The number of aromatic nitrogens is 6. The Morgan fingerprint density at radius 3 is 1.83 bits per heavy atom. The summed E-state index contributed by atoms with van der Waals surface area (Å²) < 4.78 is 15.8. The first-order valence-electron chi connectivity index (χ1n) is 19.7. The summed E-state index contributed by atoms with van der Waals surface area (Å²) in [6, 6.07) is 6.35. The first kappa shape index (κ1) is 40.1. The predicted molar refractivity (Wildman–Crippen MR) is 214 cm³/mol.